The summed E-state index contributed by atoms with van der Waals surface area (Å²) in [5.74, 6) is 0.291. The predicted molar refractivity (Wildman–Crippen MR) is 98.5 cm³/mol. The van der Waals surface area contributed by atoms with Gasteiger partial charge in [-0.15, -0.1) is 0 Å². The fourth-order valence-electron chi connectivity index (χ4n) is 4.64. The van der Waals surface area contributed by atoms with Crippen molar-refractivity contribution in [2.24, 2.45) is 11.8 Å². The SMILES string of the molecule is Cc1ccc(N2CCC(C(=O)N3CCCC3C3CCC3)C2=O)cc1C. The van der Waals surface area contributed by atoms with E-state index >= 15 is 0 Å². The van der Waals surface area contributed by atoms with Crippen LogP contribution in [0.3, 0.4) is 0 Å². The van der Waals surface area contributed by atoms with Gasteiger partial charge < -0.3 is 9.80 Å². The van der Waals surface area contributed by atoms with Crippen molar-refractivity contribution in [3.63, 3.8) is 0 Å². The summed E-state index contributed by atoms with van der Waals surface area (Å²) in [6.07, 6.45) is 6.67. The van der Waals surface area contributed by atoms with Gasteiger partial charge in [-0.2, -0.15) is 0 Å². The van der Waals surface area contributed by atoms with Gasteiger partial charge in [0.2, 0.25) is 11.8 Å². The number of nitrogens with zero attached hydrogens (tertiary/aromatic N) is 2. The molecule has 25 heavy (non-hydrogen) atoms. The first-order valence-corrected chi connectivity index (χ1v) is 9.75. The molecule has 2 saturated heterocycles. The van der Waals surface area contributed by atoms with E-state index in [1.54, 1.807) is 0 Å². The molecule has 3 fully saturated rings. The zero-order chi connectivity index (χ0) is 17.6. The van der Waals surface area contributed by atoms with E-state index in [4.69, 9.17) is 0 Å². The fourth-order valence-corrected chi connectivity index (χ4v) is 4.64. The molecule has 3 aliphatic rings. The molecule has 4 heteroatoms. The highest BCUT2D eigenvalue weighted by Crippen LogP contribution is 2.38. The molecule has 1 aromatic rings. The van der Waals surface area contributed by atoms with Gasteiger partial charge in [0.05, 0.1) is 0 Å². The monoisotopic (exact) mass is 340 g/mol. The lowest BCUT2D eigenvalue weighted by Gasteiger charge is -2.37. The van der Waals surface area contributed by atoms with Gasteiger partial charge in [0.1, 0.15) is 5.92 Å². The van der Waals surface area contributed by atoms with Crippen molar-refractivity contribution in [1.29, 1.82) is 0 Å². The van der Waals surface area contributed by atoms with E-state index in [-0.39, 0.29) is 11.8 Å². The Morgan fingerprint density at radius 3 is 2.48 bits per heavy atom. The van der Waals surface area contributed by atoms with Gasteiger partial charge in [0.25, 0.3) is 0 Å². The molecule has 2 atom stereocenters. The van der Waals surface area contributed by atoms with Crippen LogP contribution < -0.4 is 4.90 Å². The molecule has 0 aromatic heterocycles. The number of rotatable bonds is 3. The molecule has 1 saturated carbocycles. The van der Waals surface area contributed by atoms with Crippen LogP contribution in [-0.2, 0) is 9.59 Å². The van der Waals surface area contributed by atoms with Gasteiger partial charge >= 0.3 is 0 Å². The average Bonchev–Trinajstić information content (AvgIpc) is 3.15. The molecule has 134 valence electrons. The topological polar surface area (TPSA) is 40.6 Å². The summed E-state index contributed by atoms with van der Waals surface area (Å²) in [6, 6.07) is 6.51. The second kappa shape index (κ2) is 6.47. The quantitative estimate of drug-likeness (QED) is 0.791. The Morgan fingerprint density at radius 2 is 1.80 bits per heavy atom. The highest BCUT2D eigenvalue weighted by atomic mass is 16.2. The van der Waals surface area contributed by atoms with Crippen molar-refractivity contribution in [3.8, 4) is 0 Å². The number of likely N-dealkylation sites (tertiary alicyclic amines) is 1. The molecule has 2 aliphatic heterocycles. The number of benzene rings is 1. The molecule has 4 rings (SSSR count). The number of hydrogen-bond donors (Lipinski definition) is 0. The Bertz CT molecular complexity index is 695. The Labute approximate surface area is 150 Å². The van der Waals surface area contributed by atoms with Crippen LogP contribution in [0, 0.1) is 25.7 Å². The zero-order valence-electron chi connectivity index (χ0n) is 15.3. The lowest BCUT2D eigenvalue weighted by Crippen LogP contribution is -2.46. The Kier molecular flexibility index (Phi) is 4.30. The Balaban J connectivity index is 1.49. The van der Waals surface area contributed by atoms with Gasteiger partial charge in [0.15, 0.2) is 0 Å². The van der Waals surface area contributed by atoms with E-state index in [1.165, 1.54) is 30.4 Å². The summed E-state index contributed by atoms with van der Waals surface area (Å²) in [5.41, 5.74) is 3.34. The van der Waals surface area contributed by atoms with Crippen molar-refractivity contribution >= 4 is 17.5 Å². The van der Waals surface area contributed by atoms with E-state index in [0.29, 0.717) is 24.9 Å². The Hall–Kier alpha value is -1.84. The second-order valence-corrected chi connectivity index (χ2v) is 8.03. The van der Waals surface area contributed by atoms with Crippen LogP contribution in [0.15, 0.2) is 18.2 Å². The molecule has 0 N–H and O–H groups in total. The molecule has 0 bridgehead atoms. The summed E-state index contributed by atoms with van der Waals surface area (Å²) >= 11 is 0. The third-order valence-electron chi connectivity index (χ3n) is 6.58. The van der Waals surface area contributed by atoms with Crippen LogP contribution >= 0.6 is 0 Å². The van der Waals surface area contributed by atoms with Crippen molar-refractivity contribution in [3.05, 3.63) is 29.3 Å². The number of hydrogen-bond acceptors (Lipinski definition) is 2. The van der Waals surface area contributed by atoms with Gasteiger partial charge in [-0.25, -0.2) is 0 Å². The summed E-state index contributed by atoms with van der Waals surface area (Å²) in [6.45, 7) is 5.63. The zero-order valence-corrected chi connectivity index (χ0v) is 15.3. The van der Waals surface area contributed by atoms with Crippen molar-refractivity contribution in [2.45, 2.75) is 58.4 Å². The van der Waals surface area contributed by atoms with E-state index in [9.17, 15) is 9.59 Å². The molecule has 1 aliphatic carbocycles. The third kappa shape index (κ3) is 2.86. The summed E-state index contributed by atoms with van der Waals surface area (Å²) in [5, 5.41) is 0. The Morgan fingerprint density at radius 1 is 1.00 bits per heavy atom. The van der Waals surface area contributed by atoms with Crippen LogP contribution in [0.5, 0.6) is 0 Å². The lowest BCUT2D eigenvalue weighted by atomic mass is 9.78. The van der Waals surface area contributed by atoms with E-state index in [0.717, 1.165) is 25.1 Å². The maximum atomic E-state index is 13.1. The summed E-state index contributed by atoms with van der Waals surface area (Å²) < 4.78 is 0. The highest BCUT2D eigenvalue weighted by molar-refractivity contribution is 6.09. The first-order chi connectivity index (χ1) is 12.1. The van der Waals surface area contributed by atoms with Crippen LogP contribution in [0.1, 0.15) is 49.7 Å². The molecular weight excluding hydrogens is 312 g/mol. The maximum absolute atomic E-state index is 13.1. The normalized spacial score (nSPS) is 27.0. The number of anilines is 1. The molecule has 1 aromatic carbocycles. The average molecular weight is 340 g/mol. The number of carbonyl (C=O) groups is 2. The van der Waals surface area contributed by atoms with E-state index in [2.05, 4.69) is 30.9 Å². The van der Waals surface area contributed by atoms with Crippen molar-refractivity contribution in [2.75, 3.05) is 18.0 Å². The van der Waals surface area contributed by atoms with Gasteiger partial charge in [-0.1, -0.05) is 12.5 Å². The minimum atomic E-state index is -0.470. The predicted octanol–water partition coefficient (Wildman–Crippen LogP) is 3.45. The van der Waals surface area contributed by atoms with Crippen LogP contribution in [0.2, 0.25) is 0 Å². The smallest absolute Gasteiger partial charge is 0.239 e. The molecule has 4 nitrogen and oxygen atoms in total. The third-order valence-corrected chi connectivity index (χ3v) is 6.58. The first-order valence-electron chi connectivity index (χ1n) is 9.75. The first kappa shape index (κ1) is 16.6. The number of amides is 2. The molecule has 2 amide bonds. The van der Waals surface area contributed by atoms with Gasteiger partial charge in [-0.05, 0) is 75.1 Å². The lowest BCUT2D eigenvalue weighted by molar-refractivity contribution is -0.141. The number of aryl methyl sites for hydroxylation is 2. The standard InChI is InChI=1S/C21H28N2O2/c1-14-8-9-17(13-15(14)2)22-12-10-18(20(22)24)21(25)23-11-4-7-19(23)16-5-3-6-16/h8-9,13,16,18-19H,3-7,10-12H2,1-2H3. The fraction of sp³-hybridized carbons (Fsp3) is 0.619. The van der Waals surface area contributed by atoms with Crippen molar-refractivity contribution in [1.82, 2.24) is 4.90 Å². The molecule has 2 heterocycles. The van der Waals surface area contributed by atoms with Crippen molar-refractivity contribution < 1.29 is 9.59 Å². The molecule has 0 radical (unpaired) electrons. The summed E-state index contributed by atoms with van der Waals surface area (Å²) in [7, 11) is 0. The van der Waals surface area contributed by atoms with Gasteiger partial charge in [-0.3, -0.25) is 9.59 Å². The molecule has 2 unspecified atom stereocenters. The van der Waals surface area contributed by atoms with Crippen LogP contribution in [0.25, 0.3) is 0 Å². The van der Waals surface area contributed by atoms with E-state index in [1.807, 2.05) is 11.0 Å². The number of carbonyl (C=O) groups excluding carboxylic acids is 2. The maximum Gasteiger partial charge on any atom is 0.239 e. The van der Waals surface area contributed by atoms with Crippen LogP contribution in [0.4, 0.5) is 5.69 Å². The largest absolute Gasteiger partial charge is 0.339 e. The van der Waals surface area contributed by atoms with Crippen LogP contribution in [-0.4, -0.2) is 35.8 Å². The highest BCUT2D eigenvalue weighted by Gasteiger charge is 2.44. The second-order valence-electron chi connectivity index (χ2n) is 8.03. The molecule has 0 spiro atoms. The summed E-state index contributed by atoms with van der Waals surface area (Å²) in [4.78, 5) is 29.9. The minimum absolute atomic E-state index is 0.00693. The van der Waals surface area contributed by atoms with Gasteiger partial charge in [0, 0.05) is 24.8 Å². The molecular formula is C21H28N2O2. The van der Waals surface area contributed by atoms with E-state index < -0.39 is 5.92 Å². The minimum Gasteiger partial charge on any atom is -0.339 e.